The van der Waals surface area contributed by atoms with Gasteiger partial charge in [0, 0.05) is 37.4 Å². The Kier molecular flexibility index (Phi) is 4.84. The van der Waals surface area contributed by atoms with E-state index < -0.39 is 0 Å². The SMILES string of the molecule is CCCCCC1CN(c2ccc(N3CCC(=O)NC3=O)cc2)C1. The van der Waals surface area contributed by atoms with Crippen LogP contribution in [0.15, 0.2) is 24.3 Å². The highest BCUT2D eigenvalue weighted by atomic mass is 16.2. The lowest BCUT2D eigenvalue weighted by molar-refractivity contribution is -0.120. The summed E-state index contributed by atoms with van der Waals surface area (Å²) in [6.45, 7) is 4.98. The summed E-state index contributed by atoms with van der Waals surface area (Å²) in [5.74, 6) is 0.637. The first-order valence-electron chi connectivity index (χ1n) is 8.63. The Morgan fingerprint density at radius 3 is 2.43 bits per heavy atom. The number of unbranched alkanes of at least 4 members (excludes halogenated alkanes) is 2. The highest BCUT2D eigenvalue weighted by Gasteiger charge is 2.27. The number of imide groups is 1. The van der Waals surface area contributed by atoms with E-state index in [1.807, 2.05) is 12.1 Å². The van der Waals surface area contributed by atoms with Crippen LogP contribution in [-0.4, -0.2) is 31.6 Å². The van der Waals surface area contributed by atoms with E-state index in [0.29, 0.717) is 13.0 Å². The van der Waals surface area contributed by atoms with Crippen molar-refractivity contribution in [1.82, 2.24) is 5.32 Å². The van der Waals surface area contributed by atoms with E-state index in [1.54, 1.807) is 4.90 Å². The van der Waals surface area contributed by atoms with Crippen LogP contribution in [0.3, 0.4) is 0 Å². The van der Waals surface area contributed by atoms with Crippen molar-refractivity contribution in [2.75, 3.05) is 29.4 Å². The molecule has 5 nitrogen and oxygen atoms in total. The van der Waals surface area contributed by atoms with Gasteiger partial charge in [0.25, 0.3) is 0 Å². The molecule has 2 aliphatic rings. The van der Waals surface area contributed by atoms with Gasteiger partial charge < -0.3 is 4.90 Å². The summed E-state index contributed by atoms with van der Waals surface area (Å²) < 4.78 is 0. The number of anilines is 2. The van der Waals surface area contributed by atoms with Crippen LogP contribution in [-0.2, 0) is 4.79 Å². The fourth-order valence-corrected chi connectivity index (χ4v) is 3.30. The Balaban J connectivity index is 1.52. The number of nitrogens with zero attached hydrogens (tertiary/aromatic N) is 2. The van der Waals surface area contributed by atoms with Crippen LogP contribution in [0.1, 0.15) is 39.0 Å². The Bertz CT molecular complexity index is 564. The van der Waals surface area contributed by atoms with Gasteiger partial charge in [0.1, 0.15) is 0 Å². The minimum Gasteiger partial charge on any atom is -0.371 e. The number of hydrogen-bond donors (Lipinski definition) is 1. The number of nitrogens with one attached hydrogen (secondary N) is 1. The normalized spacial score (nSPS) is 18.8. The van der Waals surface area contributed by atoms with Crippen LogP contribution < -0.4 is 15.1 Å². The predicted molar refractivity (Wildman–Crippen MR) is 91.8 cm³/mol. The van der Waals surface area contributed by atoms with Gasteiger partial charge in [0.2, 0.25) is 5.91 Å². The van der Waals surface area contributed by atoms with Gasteiger partial charge in [-0.3, -0.25) is 15.0 Å². The Labute approximate surface area is 137 Å². The minimum atomic E-state index is -0.325. The van der Waals surface area contributed by atoms with Crippen molar-refractivity contribution in [3.05, 3.63) is 24.3 Å². The van der Waals surface area contributed by atoms with Crippen LogP contribution in [0.5, 0.6) is 0 Å². The van der Waals surface area contributed by atoms with Crippen LogP contribution >= 0.6 is 0 Å². The van der Waals surface area contributed by atoms with Crippen molar-refractivity contribution in [2.24, 2.45) is 5.92 Å². The van der Waals surface area contributed by atoms with Crippen LogP contribution in [0, 0.1) is 5.92 Å². The third-order valence-corrected chi connectivity index (χ3v) is 4.75. The molecule has 23 heavy (non-hydrogen) atoms. The quantitative estimate of drug-likeness (QED) is 0.821. The second-order valence-electron chi connectivity index (χ2n) is 6.54. The maximum absolute atomic E-state index is 11.8. The summed E-state index contributed by atoms with van der Waals surface area (Å²) in [6.07, 6.45) is 5.67. The van der Waals surface area contributed by atoms with Crippen molar-refractivity contribution in [2.45, 2.75) is 39.0 Å². The molecule has 0 unspecified atom stereocenters. The molecule has 2 heterocycles. The molecule has 0 radical (unpaired) electrons. The van der Waals surface area contributed by atoms with Gasteiger partial charge in [0.15, 0.2) is 0 Å². The topological polar surface area (TPSA) is 52.6 Å². The first kappa shape index (κ1) is 15.8. The zero-order valence-corrected chi connectivity index (χ0v) is 13.8. The number of benzene rings is 1. The molecule has 0 aliphatic carbocycles. The molecule has 2 fully saturated rings. The monoisotopic (exact) mass is 315 g/mol. The summed E-state index contributed by atoms with van der Waals surface area (Å²) in [6, 6.07) is 7.75. The molecule has 0 saturated carbocycles. The lowest BCUT2D eigenvalue weighted by Gasteiger charge is -2.41. The van der Waals surface area contributed by atoms with Crippen molar-refractivity contribution in [3.63, 3.8) is 0 Å². The van der Waals surface area contributed by atoms with E-state index in [9.17, 15) is 9.59 Å². The summed E-state index contributed by atoms with van der Waals surface area (Å²) >= 11 is 0. The first-order valence-corrected chi connectivity index (χ1v) is 8.63. The van der Waals surface area contributed by atoms with Crippen molar-refractivity contribution in [3.8, 4) is 0 Å². The molecule has 2 saturated heterocycles. The Morgan fingerprint density at radius 1 is 1.09 bits per heavy atom. The second kappa shape index (κ2) is 7.02. The standard InChI is InChI=1S/C18H25N3O2/c1-2-3-4-5-14-12-20(13-14)15-6-8-16(9-7-15)21-11-10-17(22)19-18(21)23/h6-9,14H,2-5,10-13H2,1H3,(H,19,22,23). The van der Waals surface area contributed by atoms with Gasteiger partial charge in [-0.2, -0.15) is 0 Å². The maximum atomic E-state index is 11.8. The number of rotatable bonds is 6. The van der Waals surface area contributed by atoms with E-state index in [2.05, 4.69) is 29.3 Å². The molecule has 124 valence electrons. The molecule has 1 N–H and O–H groups in total. The fraction of sp³-hybridized carbons (Fsp3) is 0.556. The van der Waals surface area contributed by atoms with Crippen LogP contribution in [0.4, 0.5) is 16.2 Å². The molecule has 3 rings (SSSR count). The van der Waals surface area contributed by atoms with E-state index >= 15 is 0 Å². The van der Waals surface area contributed by atoms with E-state index in [-0.39, 0.29) is 11.9 Å². The van der Waals surface area contributed by atoms with Gasteiger partial charge in [-0.25, -0.2) is 4.79 Å². The summed E-state index contributed by atoms with van der Waals surface area (Å²) in [5.41, 5.74) is 2.06. The smallest absolute Gasteiger partial charge is 0.328 e. The Hall–Kier alpha value is -2.04. The lowest BCUT2D eigenvalue weighted by atomic mass is 9.93. The summed E-state index contributed by atoms with van der Waals surface area (Å²) in [7, 11) is 0. The van der Waals surface area contributed by atoms with Gasteiger partial charge >= 0.3 is 6.03 Å². The molecule has 0 aromatic heterocycles. The minimum absolute atomic E-state index is 0.197. The van der Waals surface area contributed by atoms with E-state index in [1.165, 1.54) is 31.4 Å². The highest BCUT2D eigenvalue weighted by molar-refractivity contribution is 6.05. The Morgan fingerprint density at radius 2 is 1.78 bits per heavy atom. The van der Waals surface area contributed by atoms with Gasteiger partial charge in [-0.05, 0) is 36.6 Å². The van der Waals surface area contributed by atoms with E-state index in [4.69, 9.17) is 0 Å². The zero-order chi connectivity index (χ0) is 16.2. The molecule has 5 heteroatoms. The first-order chi connectivity index (χ1) is 11.2. The average molecular weight is 315 g/mol. The second-order valence-corrected chi connectivity index (χ2v) is 6.54. The van der Waals surface area contributed by atoms with Crippen LogP contribution in [0.2, 0.25) is 0 Å². The lowest BCUT2D eigenvalue weighted by Crippen LogP contribution is -2.49. The largest absolute Gasteiger partial charge is 0.371 e. The highest BCUT2D eigenvalue weighted by Crippen LogP contribution is 2.29. The molecular formula is C18H25N3O2. The molecule has 1 aromatic rings. The molecule has 1 aromatic carbocycles. The number of urea groups is 1. The van der Waals surface area contributed by atoms with Crippen molar-refractivity contribution in [1.29, 1.82) is 0 Å². The van der Waals surface area contributed by atoms with Gasteiger partial charge in [-0.1, -0.05) is 26.2 Å². The summed E-state index contributed by atoms with van der Waals surface area (Å²) in [5, 5.41) is 2.36. The van der Waals surface area contributed by atoms with Crippen molar-refractivity contribution < 1.29 is 9.59 Å². The number of carbonyl (C=O) groups excluding carboxylic acids is 2. The van der Waals surface area contributed by atoms with Gasteiger partial charge in [0.05, 0.1) is 0 Å². The predicted octanol–water partition coefficient (Wildman–Crippen LogP) is 3.15. The van der Waals surface area contributed by atoms with Crippen molar-refractivity contribution >= 4 is 23.3 Å². The van der Waals surface area contributed by atoms with Crippen LogP contribution in [0.25, 0.3) is 0 Å². The molecule has 0 bridgehead atoms. The van der Waals surface area contributed by atoms with E-state index in [0.717, 1.165) is 24.7 Å². The summed E-state index contributed by atoms with van der Waals surface area (Å²) in [4.78, 5) is 27.1. The zero-order valence-electron chi connectivity index (χ0n) is 13.8. The van der Waals surface area contributed by atoms with Gasteiger partial charge in [-0.15, -0.1) is 0 Å². The molecule has 0 atom stereocenters. The third kappa shape index (κ3) is 3.66. The average Bonchev–Trinajstić information content (AvgIpc) is 2.50. The molecule has 2 aliphatic heterocycles. The third-order valence-electron chi connectivity index (χ3n) is 4.75. The molecular weight excluding hydrogens is 290 g/mol. The number of carbonyl (C=O) groups is 2. The number of amides is 3. The molecule has 3 amide bonds. The number of hydrogen-bond acceptors (Lipinski definition) is 3. The maximum Gasteiger partial charge on any atom is 0.328 e. The fourth-order valence-electron chi connectivity index (χ4n) is 3.30. The molecule has 0 spiro atoms.